The first-order valence-electron chi connectivity index (χ1n) is 6.16. The van der Waals surface area contributed by atoms with Crippen molar-refractivity contribution in [2.24, 2.45) is 5.41 Å². The van der Waals surface area contributed by atoms with Crippen LogP contribution in [0, 0.1) is 5.41 Å². The number of carbonyl (C=O) groups excluding carboxylic acids is 1. The second kappa shape index (κ2) is 6.53. The molecule has 0 fully saturated rings. The molecule has 0 saturated carbocycles. The van der Waals surface area contributed by atoms with Crippen LogP contribution in [-0.4, -0.2) is 12.6 Å². The quantitative estimate of drug-likeness (QED) is 0.736. The van der Waals surface area contributed by atoms with Gasteiger partial charge in [0.2, 0.25) is 0 Å². The highest BCUT2D eigenvalue weighted by molar-refractivity contribution is 6.31. The van der Waals surface area contributed by atoms with E-state index in [1.807, 2.05) is 20.8 Å². The highest BCUT2D eigenvalue weighted by Crippen LogP contribution is 2.36. The molecule has 0 aliphatic carbocycles. The number of halogens is 4. The van der Waals surface area contributed by atoms with Crippen molar-refractivity contribution in [3.63, 3.8) is 0 Å². The van der Waals surface area contributed by atoms with Gasteiger partial charge in [-0.05, 0) is 23.6 Å². The summed E-state index contributed by atoms with van der Waals surface area (Å²) in [6.45, 7) is 6.41. The van der Waals surface area contributed by atoms with Gasteiger partial charge in [0, 0.05) is 12.2 Å². The van der Waals surface area contributed by atoms with Crippen LogP contribution in [0.1, 0.15) is 26.3 Å². The molecule has 0 aliphatic rings. The molecule has 0 atom stereocenters. The number of anilines is 1. The van der Waals surface area contributed by atoms with Gasteiger partial charge in [-0.2, -0.15) is 13.2 Å². The number of carbonyl (C=O) groups is 1. The molecule has 4 nitrogen and oxygen atoms in total. The molecule has 0 saturated heterocycles. The van der Waals surface area contributed by atoms with Crippen LogP contribution >= 0.6 is 11.6 Å². The molecule has 0 radical (unpaired) electrons. The summed E-state index contributed by atoms with van der Waals surface area (Å²) in [4.78, 5) is 11.5. The van der Waals surface area contributed by atoms with Crippen LogP contribution in [0.3, 0.4) is 0 Å². The Bertz CT molecular complexity index is 512. The Morgan fingerprint density at radius 2 is 1.86 bits per heavy atom. The average Bonchev–Trinajstić information content (AvgIpc) is 2.28. The average molecular weight is 324 g/mol. The Morgan fingerprint density at radius 1 is 1.24 bits per heavy atom. The maximum atomic E-state index is 12.7. The summed E-state index contributed by atoms with van der Waals surface area (Å²) in [6.07, 6.45) is -4.57. The van der Waals surface area contributed by atoms with E-state index in [-0.39, 0.29) is 11.1 Å². The number of hydrogen-bond donors (Lipinski definition) is 3. The van der Waals surface area contributed by atoms with Crippen molar-refractivity contribution in [2.75, 3.05) is 11.9 Å². The number of alkyl halides is 3. The van der Waals surface area contributed by atoms with Gasteiger partial charge in [0.25, 0.3) is 0 Å². The Balaban J connectivity index is 2.65. The van der Waals surface area contributed by atoms with Crippen LogP contribution in [0.4, 0.5) is 23.7 Å². The summed E-state index contributed by atoms with van der Waals surface area (Å²) < 4.78 is 38.0. The van der Waals surface area contributed by atoms with Gasteiger partial charge >= 0.3 is 12.2 Å². The summed E-state index contributed by atoms with van der Waals surface area (Å²) >= 11 is 5.49. The Hall–Kier alpha value is -1.47. The number of rotatable bonds is 3. The zero-order valence-corrected chi connectivity index (χ0v) is 12.6. The van der Waals surface area contributed by atoms with Crippen molar-refractivity contribution in [3.8, 4) is 0 Å². The second-order valence-electron chi connectivity index (χ2n) is 5.69. The second-order valence-corrected chi connectivity index (χ2v) is 6.09. The molecule has 0 spiro atoms. The summed E-state index contributed by atoms with van der Waals surface area (Å²) in [5, 5.41) is 1.88. The van der Waals surface area contributed by atoms with Gasteiger partial charge in [0.1, 0.15) is 0 Å². The van der Waals surface area contributed by atoms with E-state index in [1.165, 1.54) is 6.07 Å². The molecule has 1 aromatic rings. The molecule has 0 aliphatic heterocycles. The maximum Gasteiger partial charge on any atom is 0.417 e. The van der Waals surface area contributed by atoms with Gasteiger partial charge in [-0.3, -0.25) is 5.43 Å². The van der Waals surface area contributed by atoms with Crippen molar-refractivity contribution in [3.05, 3.63) is 28.8 Å². The number of urea groups is 1. The van der Waals surface area contributed by atoms with Crippen LogP contribution in [0.2, 0.25) is 5.02 Å². The standard InChI is InChI=1S/C13H17ClF3N3O/c1-12(2,3)7-18-20-11(21)19-8-4-5-10(14)9(6-8)13(15,16)17/h4-6,18H,7H2,1-3H3,(H2,19,20,21). The first-order valence-corrected chi connectivity index (χ1v) is 6.53. The molecular formula is C13H17ClF3N3O. The maximum absolute atomic E-state index is 12.7. The van der Waals surface area contributed by atoms with E-state index in [0.717, 1.165) is 12.1 Å². The lowest BCUT2D eigenvalue weighted by atomic mass is 9.98. The van der Waals surface area contributed by atoms with Crippen molar-refractivity contribution >= 4 is 23.3 Å². The van der Waals surface area contributed by atoms with Crippen LogP contribution < -0.4 is 16.2 Å². The van der Waals surface area contributed by atoms with Gasteiger partial charge in [-0.15, -0.1) is 0 Å². The van der Waals surface area contributed by atoms with E-state index >= 15 is 0 Å². The van der Waals surface area contributed by atoms with E-state index in [0.29, 0.717) is 6.54 Å². The lowest BCUT2D eigenvalue weighted by Gasteiger charge is -2.19. The number of hydrogen-bond acceptors (Lipinski definition) is 2. The molecule has 8 heteroatoms. The van der Waals surface area contributed by atoms with Crippen LogP contribution in [0.25, 0.3) is 0 Å². The van der Waals surface area contributed by atoms with Gasteiger partial charge in [-0.25, -0.2) is 10.2 Å². The smallest absolute Gasteiger partial charge is 0.307 e. The van der Waals surface area contributed by atoms with Gasteiger partial charge in [-0.1, -0.05) is 32.4 Å². The molecule has 3 N–H and O–H groups in total. The van der Waals surface area contributed by atoms with Crippen molar-refractivity contribution in [2.45, 2.75) is 26.9 Å². The third kappa shape index (κ3) is 6.22. The number of amides is 2. The molecule has 0 aromatic heterocycles. The van der Waals surface area contributed by atoms with E-state index < -0.39 is 22.8 Å². The largest absolute Gasteiger partial charge is 0.417 e. The van der Waals surface area contributed by atoms with Crippen LogP contribution in [0.5, 0.6) is 0 Å². The first kappa shape index (κ1) is 17.6. The van der Waals surface area contributed by atoms with Crippen molar-refractivity contribution in [1.29, 1.82) is 0 Å². The SMILES string of the molecule is CC(C)(C)CNNC(=O)Nc1ccc(Cl)c(C(F)(F)F)c1. The number of nitrogens with one attached hydrogen (secondary N) is 3. The lowest BCUT2D eigenvalue weighted by molar-refractivity contribution is -0.137. The summed E-state index contributed by atoms with van der Waals surface area (Å²) in [5.41, 5.74) is 4.00. The topological polar surface area (TPSA) is 53.2 Å². The van der Waals surface area contributed by atoms with E-state index in [2.05, 4.69) is 16.2 Å². The number of hydrazine groups is 1. The summed E-state index contributed by atoms with van der Waals surface area (Å²) in [5.74, 6) is 0. The van der Waals surface area contributed by atoms with E-state index in [1.54, 1.807) is 0 Å². The Kier molecular flexibility index (Phi) is 5.47. The van der Waals surface area contributed by atoms with Crippen molar-refractivity contribution < 1.29 is 18.0 Å². The monoisotopic (exact) mass is 323 g/mol. The fraction of sp³-hybridized carbons (Fsp3) is 0.462. The minimum absolute atomic E-state index is 0.00165. The van der Waals surface area contributed by atoms with E-state index in [4.69, 9.17) is 11.6 Å². The highest BCUT2D eigenvalue weighted by atomic mass is 35.5. The molecular weight excluding hydrogens is 307 g/mol. The zero-order valence-electron chi connectivity index (χ0n) is 11.9. The van der Waals surface area contributed by atoms with Gasteiger partial charge < -0.3 is 5.32 Å². The molecule has 1 aromatic carbocycles. The fourth-order valence-electron chi connectivity index (χ4n) is 1.37. The van der Waals surface area contributed by atoms with E-state index in [9.17, 15) is 18.0 Å². The third-order valence-electron chi connectivity index (χ3n) is 2.35. The molecule has 0 unspecified atom stereocenters. The Morgan fingerprint density at radius 3 is 2.38 bits per heavy atom. The first-order chi connectivity index (χ1) is 9.49. The number of benzene rings is 1. The molecule has 21 heavy (non-hydrogen) atoms. The molecule has 0 heterocycles. The summed E-state index contributed by atoms with van der Waals surface area (Å²) in [7, 11) is 0. The Labute approximate surface area is 126 Å². The summed E-state index contributed by atoms with van der Waals surface area (Å²) in [6, 6.07) is 2.50. The normalized spacial score (nSPS) is 12.1. The predicted octanol–water partition coefficient (Wildman–Crippen LogP) is 4.03. The predicted molar refractivity (Wildman–Crippen MR) is 76.1 cm³/mol. The zero-order chi connectivity index (χ0) is 16.3. The molecule has 2 amide bonds. The minimum Gasteiger partial charge on any atom is -0.307 e. The molecule has 0 bridgehead atoms. The van der Waals surface area contributed by atoms with Gasteiger partial charge in [0.15, 0.2) is 0 Å². The van der Waals surface area contributed by atoms with Crippen molar-refractivity contribution in [1.82, 2.24) is 10.9 Å². The van der Waals surface area contributed by atoms with Crippen LogP contribution in [0.15, 0.2) is 18.2 Å². The third-order valence-corrected chi connectivity index (χ3v) is 2.68. The minimum atomic E-state index is -4.57. The lowest BCUT2D eigenvalue weighted by Crippen LogP contribution is -2.44. The van der Waals surface area contributed by atoms with Gasteiger partial charge in [0.05, 0.1) is 10.6 Å². The van der Waals surface area contributed by atoms with Crippen LogP contribution in [-0.2, 0) is 6.18 Å². The fourth-order valence-corrected chi connectivity index (χ4v) is 1.60. The molecule has 1 rings (SSSR count). The highest BCUT2D eigenvalue weighted by Gasteiger charge is 2.33. The molecule has 118 valence electrons.